The Labute approximate surface area is 175 Å². The number of pyridine rings is 1. The molecule has 2 amide bonds. The number of carbonyl (C=O) groups is 2. The van der Waals surface area contributed by atoms with Gasteiger partial charge in [-0.3, -0.25) is 19.5 Å². The van der Waals surface area contributed by atoms with Crippen LogP contribution in [0.5, 0.6) is 0 Å². The summed E-state index contributed by atoms with van der Waals surface area (Å²) in [6.45, 7) is 6.20. The molecule has 30 heavy (non-hydrogen) atoms. The number of ether oxygens (including phenoxy) is 1. The predicted octanol–water partition coefficient (Wildman–Crippen LogP) is 1.67. The summed E-state index contributed by atoms with van der Waals surface area (Å²) < 4.78 is 10.3. The number of anilines is 1. The number of carbonyl (C=O) groups excluding carboxylic acids is 2. The Morgan fingerprint density at radius 2 is 1.93 bits per heavy atom. The third kappa shape index (κ3) is 5.03. The number of aromatic nitrogens is 2. The van der Waals surface area contributed by atoms with Gasteiger partial charge in [-0.15, -0.1) is 0 Å². The first kappa shape index (κ1) is 20.5. The Kier molecular flexibility index (Phi) is 6.39. The van der Waals surface area contributed by atoms with Crippen molar-refractivity contribution in [3.63, 3.8) is 0 Å². The van der Waals surface area contributed by atoms with Crippen LogP contribution < -0.4 is 5.32 Å². The summed E-state index contributed by atoms with van der Waals surface area (Å²) in [6.07, 6.45) is 3.55. The van der Waals surface area contributed by atoms with Crippen LogP contribution in [0.1, 0.15) is 40.6 Å². The fraction of sp³-hybridized carbons (Fsp3) is 0.524. The van der Waals surface area contributed by atoms with Crippen molar-refractivity contribution in [3.05, 3.63) is 41.4 Å². The molecule has 0 saturated carbocycles. The summed E-state index contributed by atoms with van der Waals surface area (Å²) in [5.41, 5.74) is 1.63. The molecule has 4 rings (SSSR count). The zero-order valence-electron chi connectivity index (χ0n) is 17.2. The molecule has 2 aliphatic rings. The lowest BCUT2D eigenvalue weighted by Crippen LogP contribution is -2.40. The van der Waals surface area contributed by atoms with E-state index in [-0.39, 0.29) is 11.8 Å². The summed E-state index contributed by atoms with van der Waals surface area (Å²) in [5.74, 6) is 1.38. The smallest absolute Gasteiger partial charge is 0.255 e. The maximum atomic E-state index is 12.5. The summed E-state index contributed by atoms with van der Waals surface area (Å²) in [5, 5.41) is 6.54. The highest BCUT2D eigenvalue weighted by Gasteiger charge is 2.24. The van der Waals surface area contributed by atoms with Gasteiger partial charge < -0.3 is 19.5 Å². The maximum Gasteiger partial charge on any atom is 0.255 e. The number of rotatable bonds is 5. The van der Waals surface area contributed by atoms with Gasteiger partial charge in [-0.2, -0.15) is 0 Å². The predicted molar refractivity (Wildman–Crippen MR) is 109 cm³/mol. The van der Waals surface area contributed by atoms with Gasteiger partial charge in [0.15, 0.2) is 5.82 Å². The van der Waals surface area contributed by atoms with Gasteiger partial charge in [-0.1, -0.05) is 5.16 Å². The third-order valence-electron chi connectivity index (χ3n) is 5.60. The van der Waals surface area contributed by atoms with Gasteiger partial charge in [0.25, 0.3) is 5.91 Å². The molecule has 4 heterocycles. The minimum Gasteiger partial charge on any atom is -0.378 e. The molecule has 1 N–H and O–H groups in total. The van der Waals surface area contributed by atoms with E-state index in [1.165, 1.54) is 0 Å². The second kappa shape index (κ2) is 9.36. The van der Waals surface area contributed by atoms with Crippen molar-refractivity contribution < 1.29 is 18.8 Å². The monoisotopic (exact) mass is 413 g/mol. The van der Waals surface area contributed by atoms with Crippen LogP contribution in [-0.2, 0) is 9.53 Å². The van der Waals surface area contributed by atoms with Crippen LogP contribution in [-0.4, -0.2) is 77.7 Å². The molecule has 160 valence electrons. The Morgan fingerprint density at radius 3 is 2.57 bits per heavy atom. The van der Waals surface area contributed by atoms with Crippen LogP contribution in [0.4, 0.5) is 5.82 Å². The van der Waals surface area contributed by atoms with Crippen LogP contribution >= 0.6 is 0 Å². The van der Waals surface area contributed by atoms with Crippen molar-refractivity contribution in [2.45, 2.75) is 25.7 Å². The first-order chi connectivity index (χ1) is 14.6. The highest BCUT2D eigenvalue weighted by Crippen LogP contribution is 2.26. The quantitative estimate of drug-likeness (QED) is 0.796. The van der Waals surface area contributed by atoms with E-state index in [0.717, 1.165) is 31.6 Å². The SMILES string of the molecule is Cc1cc(NC(=O)CN2CCC(c3ccc(C(=O)N4CCOCC4)cn3)CC2)no1. The van der Waals surface area contributed by atoms with Crippen LogP contribution in [0.25, 0.3) is 0 Å². The van der Waals surface area contributed by atoms with Gasteiger partial charge in [0, 0.05) is 37.0 Å². The number of piperidine rings is 1. The zero-order valence-corrected chi connectivity index (χ0v) is 17.2. The minimum absolute atomic E-state index is 0.0143. The summed E-state index contributed by atoms with van der Waals surface area (Å²) in [4.78, 5) is 33.2. The molecule has 0 aromatic carbocycles. The summed E-state index contributed by atoms with van der Waals surface area (Å²) in [6, 6.07) is 5.54. The van der Waals surface area contributed by atoms with Crippen LogP contribution in [0.2, 0.25) is 0 Å². The molecule has 2 fully saturated rings. The Balaban J connectivity index is 1.25. The number of hydrogen-bond acceptors (Lipinski definition) is 7. The second-order valence-electron chi connectivity index (χ2n) is 7.80. The highest BCUT2D eigenvalue weighted by atomic mass is 16.5. The molecule has 2 aromatic heterocycles. The first-order valence-corrected chi connectivity index (χ1v) is 10.4. The maximum absolute atomic E-state index is 12.5. The van der Waals surface area contributed by atoms with E-state index in [4.69, 9.17) is 9.26 Å². The number of nitrogens with one attached hydrogen (secondary N) is 1. The van der Waals surface area contributed by atoms with Crippen molar-refractivity contribution in [1.82, 2.24) is 19.9 Å². The van der Waals surface area contributed by atoms with Crippen molar-refractivity contribution >= 4 is 17.6 Å². The van der Waals surface area contributed by atoms with Gasteiger partial charge >= 0.3 is 0 Å². The number of likely N-dealkylation sites (tertiary alicyclic amines) is 1. The molecular weight excluding hydrogens is 386 g/mol. The Bertz CT molecular complexity index is 868. The van der Waals surface area contributed by atoms with Gasteiger partial charge in [0.1, 0.15) is 5.76 Å². The van der Waals surface area contributed by atoms with E-state index < -0.39 is 0 Å². The van der Waals surface area contributed by atoms with Crippen LogP contribution in [0.15, 0.2) is 28.9 Å². The van der Waals surface area contributed by atoms with E-state index in [2.05, 4.69) is 20.4 Å². The van der Waals surface area contributed by atoms with E-state index in [9.17, 15) is 9.59 Å². The van der Waals surface area contributed by atoms with Crippen molar-refractivity contribution in [2.75, 3.05) is 51.3 Å². The van der Waals surface area contributed by atoms with E-state index in [0.29, 0.717) is 55.9 Å². The second-order valence-corrected chi connectivity index (χ2v) is 7.80. The number of amides is 2. The molecule has 0 unspecified atom stereocenters. The minimum atomic E-state index is -0.0918. The molecule has 0 spiro atoms. The fourth-order valence-electron chi connectivity index (χ4n) is 3.92. The zero-order chi connectivity index (χ0) is 20.9. The average molecular weight is 413 g/mol. The standard InChI is InChI=1S/C21H27N5O4/c1-15-12-19(24-30-15)23-20(27)14-25-6-4-16(5-7-25)18-3-2-17(13-22-18)21(28)26-8-10-29-11-9-26/h2-3,12-13,16H,4-11,14H2,1H3,(H,23,24,27). The lowest BCUT2D eigenvalue weighted by Gasteiger charge is -2.31. The van der Waals surface area contributed by atoms with E-state index in [1.54, 1.807) is 19.2 Å². The molecule has 9 nitrogen and oxygen atoms in total. The molecule has 2 saturated heterocycles. The molecule has 9 heteroatoms. The lowest BCUT2D eigenvalue weighted by atomic mass is 9.93. The van der Waals surface area contributed by atoms with Crippen LogP contribution in [0, 0.1) is 6.92 Å². The van der Waals surface area contributed by atoms with Crippen molar-refractivity contribution in [2.24, 2.45) is 0 Å². The number of hydrogen-bond donors (Lipinski definition) is 1. The Morgan fingerprint density at radius 1 is 1.17 bits per heavy atom. The van der Waals surface area contributed by atoms with E-state index >= 15 is 0 Å². The summed E-state index contributed by atoms with van der Waals surface area (Å²) >= 11 is 0. The largest absolute Gasteiger partial charge is 0.378 e. The topological polar surface area (TPSA) is 101 Å². The molecule has 0 radical (unpaired) electrons. The number of morpholine rings is 1. The van der Waals surface area contributed by atoms with Crippen molar-refractivity contribution in [3.8, 4) is 0 Å². The third-order valence-corrected chi connectivity index (χ3v) is 5.60. The molecule has 2 aromatic rings. The van der Waals surface area contributed by atoms with Crippen molar-refractivity contribution in [1.29, 1.82) is 0 Å². The van der Waals surface area contributed by atoms with E-state index in [1.807, 2.05) is 17.0 Å². The molecule has 0 aliphatic carbocycles. The molecular formula is C21H27N5O4. The molecule has 2 aliphatic heterocycles. The molecule has 0 atom stereocenters. The summed E-state index contributed by atoms with van der Waals surface area (Å²) in [7, 11) is 0. The molecule has 0 bridgehead atoms. The highest BCUT2D eigenvalue weighted by molar-refractivity contribution is 5.94. The lowest BCUT2D eigenvalue weighted by molar-refractivity contribution is -0.117. The van der Waals surface area contributed by atoms with Gasteiger partial charge in [0.2, 0.25) is 5.91 Å². The van der Waals surface area contributed by atoms with Crippen LogP contribution in [0.3, 0.4) is 0 Å². The first-order valence-electron chi connectivity index (χ1n) is 10.4. The number of nitrogens with zero attached hydrogens (tertiary/aromatic N) is 4. The Hall–Kier alpha value is -2.78. The average Bonchev–Trinajstić information content (AvgIpc) is 3.19. The van der Waals surface area contributed by atoms with Gasteiger partial charge in [-0.25, -0.2) is 0 Å². The van der Waals surface area contributed by atoms with Gasteiger partial charge in [0.05, 0.1) is 25.3 Å². The fourth-order valence-corrected chi connectivity index (χ4v) is 3.92. The van der Waals surface area contributed by atoms with Gasteiger partial charge in [-0.05, 0) is 45.0 Å². The number of aryl methyl sites for hydroxylation is 1. The normalized spacial score (nSPS) is 18.4.